The third-order valence-corrected chi connectivity index (χ3v) is 6.15. The first kappa shape index (κ1) is 24.5. The van der Waals surface area contributed by atoms with Crippen LogP contribution in [0.4, 0.5) is 10.5 Å². The number of anilines is 1. The molecule has 0 radical (unpaired) electrons. The lowest BCUT2D eigenvalue weighted by atomic mass is 9.90. The number of fused-ring (bicyclic) bond motifs is 1. The van der Waals surface area contributed by atoms with E-state index in [4.69, 9.17) is 14.2 Å². The molecule has 0 bridgehead atoms. The molecule has 1 aromatic heterocycles. The van der Waals surface area contributed by atoms with Crippen LogP contribution >= 0.6 is 0 Å². The third-order valence-electron chi connectivity index (χ3n) is 6.15. The van der Waals surface area contributed by atoms with E-state index in [0.717, 1.165) is 68.5 Å². The molecule has 0 aliphatic carbocycles. The summed E-state index contributed by atoms with van der Waals surface area (Å²) >= 11 is 0. The molecule has 9 nitrogen and oxygen atoms in total. The van der Waals surface area contributed by atoms with Crippen LogP contribution in [0.2, 0.25) is 0 Å². The van der Waals surface area contributed by atoms with Gasteiger partial charge in [-0.15, -0.1) is 0 Å². The molecule has 2 fully saturated rings. The summed E-state index contributed by atoms with van der Waals surface area (Å²) in [6.45, 7) is 7.81. The second kappa shape index (κ2) is 10.7. The van der Waals surface area contributed by atoms with Crippen molar-refractivity contribution in [2.75, 3.05) is 31.7 Å². The largest absolute Gasteiger partial charge is 0.444 e. The molecular weight excluding hydrogens is 436 g/mol. The van der Waals surface area contributed by atoms with Gasteiger partial charge in [-0.2, -0.15) is 5.10 Å². The zero-order valence-corrected chi connectivity index (χ0v) is 20.4. The number of ether oxygens (including phenoxy) is 3. The first-order valence-electron chi connectivity index (χ1n) is 12.3. The zero-order valence-electron chi connectivity index (χ0n) is 20.4. The second-order valence-corrected chi connectivity index (χ2v) is 10.0. The van der Waals surface area contributed by atoms with Crippen molar-refractivity contribution in [1.82, 2.24) is 15.1 Å². The molecule has 2 aromatic rings. The standard InChI is InChI=1S/C25H36N4O5/c1-25(2,3)34-24(31)26-10-7-22(30)28-20-14-18(17-8-12-32-13-9-17)15-21-19(20)16-27-29(21)23-6-4-5-11-33-23/h14-17,23H,4-13H2,1-3H3,(H,26,31)(H,28,30). The number of hydrogen-bond donors (Lipinski definition) is 2. The molecule has 34 heavy (non-hydrogen) atoms. The molecule has 2 N–H and O–H groups in total. The molecule has 1 atom stereocenters. The second-order valence-electron chi connectivity index (χ2n) is 10.0. The number of nitrogens with zero attached hydrogens (tertiary/aromatic N) is 2. The topological polar surface area (TPSA) is 104 Å². The fourth-order valence-corrected chi connectivity index (χ4v) is 4.49. The molecule has 0 spiro atoms. The van der Waals surface area contributed by atoms with Gasteiger partial charge in [-0.1, -0.05) is 0 Å². The number of hydrogen-bond acceptors (Lipinski definition) is 6. The van der Waals surface area contributed by atoms with E-state index in [1.807, 2.05) is 4.68 Å². The van der Waals surface area contributed by atoms with E-state index in [2.05, 4.69) is 27.9 Å². The molecule has 2 aliphatic rings. The maximum absolute atomic E-state index is 12.7. The van der Waals surface area contributed by atoms with Gasteiger partial charge in [-0.25, -0.2) is 9.48 Å². The summed E-state index contributed by atoms with van der Waals surface area (Å²) in [6, 6.07) is 4.25. The maximum atomic E-state index is 12.7. The summed E-state index contributed by atoms with van der Waals surface area (Å²) in [7, 11) is 0. The van der Waals surface area contributed by atoms with Crippen LogP contribution in [0.5, 0.6) is 0 Å². The van der Waals surface area contributed by atoms with Gasteiger partial charge < -0.3 is 24.8 Å². The Bertz CT molecular complexity index is 1000. The molecule has 4 rings (SSSR count). The summed E-state index contributed by atoms with van der Waals surface area (Å²) in [5.41, 5.74) is 2.31. The normalized spacial score (nSPS) is 19.7. The number of benzene rings is 1. The SMILES string of the molecule is CC(C)(C)OC(=O)NCCC(=O)Nc1cc(C2CCOCC2)cc2c1cnn2C1CCCCO1. The van der Waals surface area contributed by atoms with Crippen molar-refractivity contribution >= 4 is 28.6 Å². The van der Waals surface area contributed by atoms with Gasteiger partial charge in [-0.3, -0.25) is 4.79 Å². The highest BCUT2D eigenvalue weighted by Gasteiger charge is 2.23. The Morgan fingerprint density at radius 3 is 2.65 bits per heavy atom. The van der Waals surface area contributed by atoms with E-state index in [1.165, 1.54) is 5.56 Å². The fourth-order valence-electron chi connectivity index (χ4n) is 4.49. The van der Waals surface area contributed by atoms with Crippen LogP contribution in [0.15, 0.2) is 18.3 Å². The molecule has 1 unspecified atom stereocenters. The summed E-state index contributed by atoms with van der Waals surface area (Å²) in [4.78, 5) is 24.6. The first-order chi connectivity index (χ1) is 16.3. The van der Waals surface area contributed by atoms with Gasteiger partial charge in [0.1, 0.15) is 5.60 Å². The minimum Gasteiger partial charge on any atom is -0.444 e. The Hall–Kier alpha value is -2.65. The van der Waals surface area contributed by atoms with Gasteiger partial charge in [-0.05, 0) is 76.5 Å². The van der Waals surface area contributed by atoms with Crippen molar-refractivity contribution in [3.63, 3.8) is 0 Å². The van der Waals surface area contributed by atoms with Crippen molar-refractivity contribution < 1.29 is 23.8 Å². The van der Waals surface area contributed by atoms with Crippen LogP contribution in [0.3, 0.4) is 0 Å². The highest BCUT2D eigenvalue weighted by Crippen LogP contribution is 2.35. The number of carbonyl (C=O) groups excluding carboxylic acids is 2. The quantitative estimate of drug-likeness (QED) is 0.642. The van der Waals surface area contributed by atoms with Crippen molar-refractivity contribution in [3.8, 4) is 0 Å². The number of nitrogens with one attached hydrogen (secondary N) is 2. The number of amides is 2. The molecular formula is C25H36N4O5. The van der Waals surface area contributed by atoms with Crippen LogP contribution < -0.4 is 10.6 Å². The Balaban J connectivity index is 1.51. The average molecular weight is 473 g/mol. The summed E-state index contributed by atoms with van der Waals surface area (Å²) < 4.78 is 18.7. The van der Waals surface area contributed by atoms with Crippen LogP contribution in [-0.2, 0) is 19.0 Å². The van der Waals surface area contributed by atoms with Gasteiger partial charge in [0.15, 0.2) is 6.23 Å². The minimum absolute atomic E-state index is 0.0854. The first-order valence-corrected chi connectivity index (χ1v) is 12.3. The van der Waals surface area contributed by atoms with Crippen LogP contribution in [0, 0.1) is 0 Å². The van der Waals surface area contributed by atoms with Crippen molar-refractivity contribution in [3.05, 3.63) is 23.9 Å². The Morgan fingerprint density at radius 1 is 1.15 bits per heavy atom. The molecule has 0 saturated carbocycles. The van der Waals surface area contributed by atoms with Gasteiger partial charge in [0, 0.05) is 38.2 Å². The highest BCUT2D eigenvalue weighted by atomic mass is 16.6. The molecule has 9 heteroatoms. The Labute approximate surface area is 200 Å². The van der Waals surface area contributed by atoms with Crippen molar-refractivity contribution in [1.29, 1.82) is 0 Å². The predicted molar refractivity (Wildman–Crippen MR) is 129 cm³/mol. The Morgan fingerprint density at radius 2 is 1.94 bits per heavy atom. The summed E-state index contributed by atoms with van der Waals surface area (Å²) in [6.07, 6.45) is 6.34. The third kappa shape index (κ3) is 6.27. The number of alkyl carbamates (subject to hydrolysis) is 1. The number of carbonyl (C=O) groups is 2. The molecule has 2 aliphatic heterocycles. The molecule has 186 valence electrons. The number of rotatable bonds is 6. The minimum atomic E-state index is -0.579. The van der Waals surface area contributed by atoms with E-state index in [1.54, 1.807) is 27.0 Å². The smallest absolute Gasteiger partial charge is 0.407 e. The van der Waals surface area contributed by atoms with E-state index in [0.29, 0.717) is 5.92 Å². The lowest BCUT2D eigenvalue weighted by molar-refractivity contribution is -0.116. The van der Waals surface area contributed by atoms with Gasteiger partial charge >= 0.3 is 6.09 Å². The molecule has 1 aromatic carbocycles. The van der Waals surface area contributed by atoms with E-state index >= 15 is 0 Å². The van der Waals surface area contributed by atoms with E-state index < -0.39 is 11.7 Å². The van der Waals surface area contributed by atoms with Crippen LogP contribution in [0.1, 0.15) is 77.0 Å². The molecule has 2 saturated heterocycles. The fraction of sp³-hybridized carbons (Fsp3) is 0.640. The van der Waals surface area contributed by atoms with Crippen LogP contribution in [0.25, 0.3) is 10.9 Å². The average Bonchev–Trinajstić information content (AvgIpc) is 3.23. The zero-order chi connectivity index (χ0) is 24.1. The van der Waals surface area contributed by atoms with Gasteiger partial charge in [0.2, 0.25) is 5.91 Å². The predicted octanol–water partition coefficient (Wildman–Crippen LogP) is 4.48. The Kier molecular flexibility index (Phi) is 7.73. The summed E-state index contributed by atoms with van der Waals surface area (Å²) in [5.74, 6) is 0.196. The number of aromatic nitrogens is 2. The lowest BCUT2D eigenvalue weighted by Gasteiger charge is -2.25. The molecule has 3 heterocycles. The maximum Gasteiger partial charge on any atom is 0.407 e. The summed E-state index contributed by atoms with van der Waals surface area (Å²) in [5, 5.41) is 11.2. The van der Waals surface area contributed by atoms with Gasteiger partial charge in [0.25, 0.3) is 0 Å². The lowest BCUT2D eigenvalue weighted by Crippen LogP contribution is -2.34. The molecule has 2 amide bonds. The van der Waals surface area contributed by atoms with E-state index in [9.17, 15) is 9.59 Å². The van der Waals surface area contributed by atoms with Crippen molar-refractivity contribution in [2.24, 2.45) is 0 Å². The monoisotopic (exact) mass is 472 g/mol. The van der Waals surface area contributed by atoms with E-state index in [-0.39, 0.29) is 25.1 Å². The van der Waals surface area contributed by atoms with Gasteiger partial charge in [0.05, 0.1) is 17.4 Å². The van der Waals surface area contributed by atoms with Crippen LogP contribution in [-0.4, -0.2) is 53.7 Å². The highest BCUT2D eigenvalue weighted by molar-refractivity contribution is 6.01. The van der Waals surface area contributed by atoms with Crippen molar-refractivity contribution in [2.45, 2.75) is 77.0 Å².